The number of rotatable bonds is 3. The van der Waals surface area contributed by atoms with Gasteiger partial charge in [0, 0.05) is 61.0 Å². The van der Waals surface area contributed by atoms with Crippen LogP contribution < -0.4 is 9.80 Å². The molecule has 124 valence electrons. The Morgan fingerprint density at radius 2 is 1.96 bits per heavy atom. The summed E-state index contributed by atoms with van der Waals surface area (Å²) in [6.07, 6.45) is 4.58. The molecule has 3 aromatic heterocycles. The number of hydrogen-bond acceptors (Lipinski definition) is 7. The number of hydrogen-bond donors (Lipinski definition) is 0. The van der Waals surface area contributed by atoms with Gasteiger partial charge in [0.2, 0.25) is 5.13 Å². The minimum Gasteiger partial charge on any atom is -0.366 e. The van der Waals surface area contributed by atoms with Gasteiger partial charge in [-0.1, -0.05) is 6.92 Å². The lowest BCUT2D eigenvalue weighted by Crippen LogP contribution is -2.46. The number of pyridine rings is 2. The van der Waals surface area contributed by atoms with Crippen LogP contribution in [0.1, 0.15) is 12.7 Å². The first-order valence-corrected chi connectivity index (χ1v) is 9.54. The Morgan fingerprint density at radius 1 is 1.17 bits per heavy atom. The fourth-order valence-electron chi connectivity index (χ4n) is 2.90. The van der Waals surface area contributed by atoms with Crippen LogP contribution >= 0.6 is 27.5 Å². The number of nitrogens with zero attached hydrogens (tertiary/aromatic N) is 6. The Morgan fingerprint density at radius 3 is 2.71 bits per heavy atom. The lowest BCUT2D eigenvalue weighted by atomic mass is 10.2. The number of fused-ring (bicyclic) bond motifs is 1. The van der Waals surface area contributed by atoms with Crippen molar-refractivity contribution in [1.82, 2.24) is 19.3 Å². The summed E-state index contributed by atoms with van der Waals surface area (Å²) >= 11 is 4.96. The Balaban J connectivity index is 1.53. The van der Waals surface area contributed by atoms with Gasteiger partial charge in [0.25, 0.3) is 0 Å². The zero-order valence-corrected chi connectivity index (χ0v) is 15.7. The van der Waals surface area contributed by atoms with E-state index in [0.717, 1.165) is 64.7 Å². The first-order valence-electron chi connectivity index (χ1n) is 7.97. The highest BCUT2D eigenvalue weighted by Gasteiger charge is 2.21. The van der Waals surface area contributed by atoms with Crippen LogP contribution in [-0.4, -0.2) is 45.5 Å². The topological polar surface area (TPSA) is 58.0 Å². The largest absolute Gasteiger partial charge is 0.366 e. The zero-order chi connectivity index (χ0) is 16.5. The quantitative estimate of drug-likeness (QED) is 0.668. The Kier molecular flexibility index (Phi) is 4.32. The number of halogens is 1. The maximum Gasteiger partial charge on any atom is 0.205 e. The van der Waals surface area contributed by atoms with Crippen LogP contribution in [0.5, 0.6) is 0 Å². The fourth-order valence-corrected chi connectivity index (χ4v) is 4.02. The molecule has 0 aliphatic carbocycles. The van der Waals surface area contributed by atoms with Crippen LogP contribution in [0.25, 0.3) is 11.0 Å². The molecule has 1 aliphatic heterocycles. The Bertz CT molecular complexity index is 859. The summed E-state index contributed by atoms with van der Waals surface area (Å²) in [6.45, 7) is 5.86. The predicted molar refractivity (Wildman–Crippen MR) is 101 cm³/mol. The molecule has 0 saturated carbocycles. The Labute approximate surface area is 152 Å². The lowest BCUT2D eigenvalue weighted by Gasteiger charge is -2.35. The maximum absolute atomic E-state index is 4.60. The predicted octanol–water partition coefficient (Wildman–Crippen LogP) is 3.13. The van der Waals surface area contributed by atoms with E-state index in [1.807, 2.05) is 18.5 Å². The molecule has 0 atom stereocenters. The molecule has 24 heavy (non-hydrogen) atoms. The van der Waals surface area contributed by atoms with E-state index in [4.69, 9.17) is 0 Å². The van der Waals surface area contributed by atoms with Gasteiger partial charge in [0.1, 0.15) is 11.3 Å². The normalized spacial score (nSPS) is 15.2. The van der Waals surface area contributed by atoms with E-state index in [1.54, 1.807) is 0 Å². The first kappa shape index (κ1) is 15.7. The third kappa shape index (κ3) is 2.95. The third-order valence-electron chi connectivity index (χ3n) is 4.19. The van der Waals surface area contributed by atoms with E-state index in [1.165, 1.54) is 11.5 Å². The van der Waals surface area contributed by atoms with Gasteiger partial charge in [-0.25, -0.2) is 4.98 Å². The molecule has 4 rings (SSSR count). The smallest absolute Gasteiger partial charge is 0.205 e. The van der Waals surface area contributed by atoms with E-state index < -0.39 is 0 Å². The molecule has 1 saturated heterocycles. The minimum absolute atomic E-state index is 0.890. The standard InChI is InChI=1S/C16H17BrN6S/c1-2-14-20-16(24-21-14)23-7-5-22(6-8-23)13-3-4-18-12-9-11(17)10-19-15(12)13/h3-4,9-10H,2,5-8H2,1H3. The monoisotopic (exact) mass is 404 g/mol. The van der Waals surface area contributed by atoms with Gasteiger partial charge in [0.15, 0.2) is 0 Å². The second kappa shape index (κ2) is 6.60. The molecule has 0 N–H and O–H groups in total. The van der Waals surface area contributed by atoms with Crippen LogP contribution in [-0.2, 0) is 6.42 Å². The van der Waals surface area contributed by atoms with Crippen molar-refractivity contribution in [2.45, 2.75) is 13.3 Å². The fraction of sp³-hybridized carbons (Fsp3) is 0.375. The van der Waals surface area contributed by atoms with Crippen molar-refractivity contribution in [3.8, 4) is 0 Å². The van der Waals surface area contributed by atoms with Gasteiger partial charge in [-0.3, -0.25) is 9.97 Å². The minimum atomic E-state index is 0.890. The second-order valence-corrected chi connectivity index (χ2v) is 7.32. The molecule has 0 bridgehead atoms. The molecule has 0 spiro atoms. The van der Waals surface area contributed by atoms with E-state index in [2.05, 4.69) is 58.0 Å². The van der Waals surface area contributed by atoms with Crippen molar-refractivity contribution in [3.05, 3.63) is 34.8 Å². The van der Waals surface area contributed by atoms with Crippen molar-refractivity contribution in [2.24, 2.45) is 0 Å². The molecule has 0 amide bonds. The summed E-state index contributed by atoms with van der Waals surface area (Å²) in [7, 11) is 0. The summed E-state index contributed by atoms with van der Waals surface area (Å²) < 4.78 is 5.34. The van der Waals surface area contributed by atoms with Crippen LogP contribution in [0.2, 0.25) is 0 Å². The van der Waals surface area contributed by atoms with Gasteiger partial charge < -0.3 is 9.80 Å². The van der Waals surface area contributed by atoms with Gasteiger partial charge in [-0.05, 0) is 28.1 Å². The molecule has 0 aromatic carbocycles. The molecule has 0 unspecified atom stereocenters. The third-order valence-corrected chi connectivity index (χ3v) is 5.44. The van der Waals surface area contributed by atoms with Gasteiger partial charge in [0.05, 0.1) is 11.2 Å². The summed E-state index contributed by atoms with van der Waals surface area (Å²) in [5, 5.41) is 1.04. The SMILES string of the molecule is CCc1nsc(N2CCN(c3ccnc4cc(Br)cnc34)CC2)n1. The molecule has 1 aliphatic rings. The molecule has 6 nitrogen and oxygen atoms in total. The Hall–Kier alpha value is -1.80. The van der Waals surface area contributed by atoms with E-state index in [9.17, 15) is 0 Å². The number of anilines is 2. The highest BCUT2D eigenvalue weighted by molar-refractivity contribution is 9.10. The summed E-state index contributed by atoms with van der Waals surface area (Å²) in [5.74, 6) is 0.937. The van der Waals surface area contributed by atoms with Gasteiger partial charge in [-0.2, -0.15) is 4.37 Å². The number of piperazine rings is 1. The summed E-state index contributed by atoms with van der Waals surface area (Å²) in [4.78, 5) is 18.3. The summed E-state index contributed by atoms with van der Waals surface area (Å²) in [6, 6.07) is 4.06. The van der Waals surface area contributed by atoms with Crippen molar-refractivity contribution in [3.63, 3.8) is 0 Å². The highest BCUT2D eigenvalue weighted by Crippen LogP contribution is 2.27. The molecular formula is C16H17BrN6S. The van der Waals surface area contributed by atoms with E-state index >= 15 is 0 Å². The summed E-state index contributed by atoms with van der Waals surface area (Å²) in [5.41, 5.74) is 3.03. The van der Waals surface area contributed by atoms with Crippen LogP contribution in [0.15, 0.2) is 29.0 Å². The van der Waals surface area contributed by atoms with E-state index in [-0.39, 0.29) is 0 Å². The van der Waals surface area contributed by atoms with Crippen molar-refractivity contribution >= 4 is 49.3 Å². The number of aryl methyl sites for hydroxylation is 1. The van der Waals surface area contributed by atoms with Crippen LogP contribution in [0, 0.1) is 0 Å². The van der Waals surface area contributed by atoms with Crippen molar-refractivity contribution in [1.29, 1.82) is 0 Å². The molecule has 4 heterocycles. The average Bonchev–Trinajstić information content (AvgIpc) is 3.10. The van der Waals surface area contributed by atoms with Crippen molar-refractivity contribution < 1.29 is 0 Å². The zero-order valence-electron chi connectivity index (χ0n) is 13.3. The molecule has 3 aromatic rings. The second-order valence-electron chi connectivity index (χ2n) is 5.67. The van der Waals surface area contributed by atoms with Crippen molar-refractivity contribution in [2.75, 3.05) is 36.0 Å². The van der Waals surface area contributed by atoms with E-state index in [0.29, 0.717) is 0 Å². The van der Waals surface area contributed by atoms with Gasteiger partial charge >= 0.3 is 0 Å². The lowest BCUT2D eigenvalue weighted by molar-refractivity contribution is 0.652. The number of aromatic nitrogens is 4. The van der Waals surface area contributed by atoms with Crippen LogP contribution in [0.3, 0.4) is 0 Å². The molecule has 0 radical (unpaired) electrons. The van der Waals surface area contributed by atoms with Gasteiger partial charge in [-0.15, -0.1) is 0 Å². The average molecular weight is 405 g/mol. The molecule has 8 heteroatoms. The molecule has 1 fully saturated rings. The molecular weight excluding hydrogens is 388 g/mol. The maximum atomic E-state index is 4.60. The van der Waals surface area contributed by atoms with Crippen LogP contribution in [0.4, 0.5) is 10.8 Å². The highest BCUT2D eigenvalue weighted by atomic mass is 79.9. The first-order chi connectivity index (χ1) is 11.7.